The van der Waals surface area contributed by atoms with E-state index in [0.29, 0.717) is 0 Å². The van der Waals surface area contributed by atoms with E-state index in [4.69, 9.17) is 0 Å². The molecular weight excluding hydrogens is 294 g/mol. The van der Waals surface area contributed by atoms with E-state index in [1.807, 2.05) is 0 Å². The Morgan fingerprint density at radius 1 is 0.652 bits per heavy atom. The minimum Gasteiger partial charge on any atom is -0.311 e. The molecule has 2 heteroatoms. The summed E-state index contributed by atoms with van der Waals surface area (Å²) in [7, 11) is -1.66. The molecule has 0 radical (unpaired) electrons. The minimum absolute atomic E-state index is 1.24. The Morgan fingerprint density at radius 3 is 1.65 bits per heavy atom. The lowest BCUT2D eigenvalue weighted by Crippen LogP contribution is -2.58. The third kappa shape index (κ3) is 2.13. The Balaban J connectivity index is 2.02. The second-order valence-corrected chi connectivity index (χ2v) is 11.2. The van der Waals surface area contributed by atoms with Gasteiger partial charge >= 0.3 is 0 Å². The lowest BCUT2D eigenvalue weighted by atomic mass is 10.1. The van der Waals surface area contributed by atoms with Crippen LogP contribution in [0.2, 0.25) is 13.1 Å². The second-order valence-electron chi connectivity index (χ2n) is 6.83. The van der Waals surface area contributed by atoms with E-state index in [9.17, 15) is 0 Å². The van der Waals surface area contributed by atoms with Crippen molar-refractivity contribution in [2.75, 3.05) is 4.90 Å². The van der Waals surface area contributed by atoms with Gasteiger partial charge in [-0.25, -0.2) is 0 Å². The summed E-state index contributed by atoms with van der Waals surface area (Å²) in [5.74, 6) is 0. The third-order valence-corrected chi connectivity index (χ3v) is 8.47. The summed E-state index contributed by atoms with van der Waals surface area (Å²) in [6.07, 6.45) is 0. The highest BCUT2D eigenvalue weighted by Gasteiger charge is 2.37. The molecule has 3 aromatic carbocycles. The average Bonchev–Trinajstić information content (AvgIpc) is 2.57. The number of benzene rings is 3. The lowest BCUT2D eigenvalue weighted by Gasteiger charge is -2.41. The summed E-state index contributed by atoms with van der Waals surface area (Å²) in [5.41, 5.74) is 5.21. The summed E-state index contributed by atoms with van der Waals surface area (Å²) < 4.78 is 0. The first-order valence-electron chi connectivity index (χ1n) is 8.15. The molecule has 23 heavy (non-hydrogen) atoms. The topological polar surface area (TPSA) is 3.24 Å². The standard InChI is InChI=1S/C21H21NSi/c1-16-12-14-17(15-13-16)22-18-8-4-6-10-20(18)23(2,3)21-11-7-5-9-19(21)22/h4-15H,1-3H3. The number of nitrogens with zero attached hydrogens (tertiary/aromatic N) is 1. The summed E-state index contributed by atoms with van der Waals surface area (Å²) in [5, 5.41) is 3.03. The fourth-order valence-electron chi connectivity index (χ4n) is 3.64. The van der Waals surface area contributed by atoms with E-state index >= 15 is 0 Å². The van der Waals surface area contributed by atoms with Gasteiger partial charge in [-0.2, -0.15) is 0 Å². The summed E-state index contributed by atoms with van der Waals surface area (Å²) in [6, 6.07) is 26.7. The lowest BCUT2D eigenvalue weighted by molar-refractivity contribution is 1.28. The van der Waals surface area contributed by atoms with Crippen molar-refractivity contribution in [1.82, 2.24) is 0 Å². The van der Waals surface area contributed by atoms with Crippen LogP contribution in [0.5, 0.6) is 0 Å². The van der Waals surface area contributed by atoms with Gasteiger partial charge in [0.2, 0.25) is 0 Å². The Bertz CT molecular complexity index is 816. The van der Waals surface area contributed by atoms with Crippen molar-refractivity contribution < 1.29 is 0 Å². The van der Waals surface area contributed by atoms with Crippen LogP contribution < -0.4 is 15.3 Å². The molecule has 0 spiro atoms. The monoisotopic (exact) mass is 315 g/mol. The Morgan fingerprint density at radius 2 is 1.13 bits per heavy atom. The zero-order valence-corrected chi connectivity index (χ0v) is 14.9. The molecule has 0 bridgehead atoms. The molecule has 0 saturated carbocycles. The number of rotatable bonds is 1. The molecule has 0 aromatic heterocycles. The van der Waals surface area contributed by atoms with Gasteiger partial charge in [0.15, 0.2) is 0 Å². The number of para-hydroxylation sites is 2. The van der Waals surface area contributed by atoms with Gasteiger partial charge in [-0.1, -0.05) is 67.2 Å². The normalized spacial score (nSPS) is 15.0. The van der Waals surface area contributed by atoms with Crippen molar-refractivity contribution in [1.29, 1.82) is 0 Å². The molecule has 0 atom stereocenters. The number of aryl methyl sites for hydroxylation is 1. The van der Waals surface area contributed by atoms with Crippen LogP contribution in [0, 0.1) is 6.92 Å². The molecular formula is C21H21NSi. The van der Waals surface area contributed by atoms with Gasteiger partial charge < -0.3 is 4.90 Å². The van der Waals surface area contributed by atoms with E-state index < -0.39 is 8.07 Å². The quantitative estimate of drug-likeness (QED) is 0.593. The highest BCUT2D eigenvalue weighted by Crippen LogP contribution is 2.37. The Kier molecular flexibility index (Phi) is 3.17. The molecule has 0 unspecified atom stereocenters. The van der Waals surface area contributed by atoms with Crippen LogP contribution in [0.15, 0.2) is 72.8 Å². The fourth-order valence-corrected chi connectivity index (χ4v) is 6.63. The highest BCUT2D eigenvalue weighted by atomic mass is 28.3. The van der Waals surface area contributed by atoms with Gasteiger partial charge in [0, 0.05) is 17.1 Å². The van der Waals surface area contributed by atoms with Gasteiger partial charge in [0.05, 0.1) is 0 Å². The van der Waals surface area contributed by atoms with Crippen LogP contribution in [0.4, 0.5) is 17.1 Å². The van der Waals surface area contributed by atoms with Crippen molar-refractivity contribution in [2.24, 2.45) is 0 Å². The molecule has 0 aliphatic carbocycles. The van der Waals surface area contributed by atoms with E-state index in [2.05, 4.69) is 97.7 Å². The van der Waals surface area contributed by atoms with E-state index in [-0.39, 0.29) is 0 Å². The smallest absolute Gasteiger partial charge is 0.117 e. The largest absolute Gasteiger partial charge is 0.311 e. The molecule has 0 amide bonds. The van der Waals surface area contributed by atoms with E-state index in [1.54, 1.807) is 0 Å². The number of fused-ring (bicyclic) bond motifs is 2. The number of hydrogen-bond donors (Lipinski definition) is 0. The first-order valence-corrected chi connectivity index (χ1v) is 11.1. The molecule has 1 aliphatic heterocycles. The van der Waals surface area contributed by atoms with Crippen LogP contribution in [0.25, 0.3) is 0 Å². The zero-order chi connectivity index (χ0) is 16.0. The SMILES string of the molecule is Cc1ccc(N2c3ccccc3[Si](C)(C)c3ccccc32)cc1. The molecule has 0 saturated heterocycles. The predicted octanol–water partition coefficient (Wildman–Crippen LogP) is 4.60. The maximum absolute atomic E-state index is 2.46. The molecule has 1 nitrogen and oxygen atoms in total. The molecule has 3 aromatic rings. The summed E-state index contributed by atoms with van der Waals surface area (Å²) >= 11 is 0. The summed E-state index contributed by atoms with van der Waals surface area (Å²) in [4.78, 5) is 2.42. The van der Waals surface area contributed by atoms with E-state index in [0.717, 1.165) is 0 Å². The van der Waals surface area contributed by atoms with Crippen molar-refractivity contribution in [3.63, 3.8) is 0 Å². The van der Waals surface area contributed by atoms with Gasteiger partial charge in [-0.05, 0) is 41.6 Å². The zero-order valence-electron chi connectivity index (χ0n) is 13.9. The van der Waals surface area contributed by atoms with Crippen LogP contribution in [0.1, 0.15) is 5.56 Å². The molecule has 1 aliphatic rings. The molecule has 0 N–H and O–H groups in total. The minimum atomic E-state index is -1.66. The van der Waals surface area contributed by atoms with Crippen molar-refractivity contribution in [2.45, 2.75) is 20.0 Å². The first-order chi connectivity index (χ1) is 11.1. The molecule has 0 fully saturated rings. The van der Waals surface area contributed by atoms with Crippen molar-refractivity contribution >= 4 is 35.5 Å². The third-order valence-electron chi connectivity index (χ3n) is 4.93. The fraction of sp³-hybridized carbons (Fsp3) is 0.143. The maximum atomic E-state index is 2.46. The Labute approximate surface area is 139 Å². The van der Waals surface area contributed by atoms with Gasteiger partial charge in [0.1, 0.15) is 8.07 Å². The average molecular weight is 315 g/mol. The van der Waals surface area contributed by atoms with E-state index in [1.165, 1.54) is 33.0 Å². The first kappa shape index (κ1) is 14.3. The molecule has 1 heterocycles. The van der Waals surface area contributed by atoms with Gasteiger partial charge in [-0.15, -0.1) is 0 Å². The number of anilines is 3. The van der Waals surface area contributed by atoms with Crippen LogP contribution in [0.3, 0.4) is 0 Å². The van der Waals surface area contributed by atoms with Gasteiger partial charge in [-0.3, -0.25) is 0 Å². The van der Waals surface area contributed by atoms with Gasteiger partial charge in [0.25, 0.3) is 0 Å². The van der Waals surface area contributed by atoms with Crippen molar-refractivity contribution in [3.8, 4) is 0 Å². The molecule has 4 rings (SSSR count). The predicted molar refractivity (Wildman–Crippen MR) is 103 cm³/mol. The maximum Gasteiger partial charge on any atom is 0.117 e. The van der Waals surface area contributed by atoms with Crippen LogP contribution in [-0.2, 0) is 0 Å². The van der Waals surface area contributed by atoms with Crippen molar-refractivity contribution in [3.05, 3.63) is 78.4 Å². The summed E-state index contributed by atoms with van der Waals surface area (Å²) in [6.45, 7) is 7.05. The van der Waals surface area contributed by atoms with Crippen LogP contribution in [-0.4, -0.2) is 8.07 Å². The number of hydrogen-bond acceptors (Lipinski definition) is 1. The van der Waals surface area contributed by atoms with Crippen LogP contribution >= 0.6 is 0 Å². The highest BCUT2D eigenvalue weighted by molar-refractivity contribution is 7.02. The second kappa shape index (κ2) is 5.10. The Hall–Kier alpha value is -2.32. The molecule has 114 valence electrons.